The lowest BCUT2D eigenvalue weighted by Crippen LogP contribution is -2.05. The molecule has 0 bridgehead atoms. The molecule has 2 nitrogen and oxygen atoms in total. The average molecular weight is 240 g/mol. The van der Waals surface area contributed by atoms with E-state index in [0.29, 0.717) is 0 Å². The van der Waals surface area contributed by atoms with Crippen LogP contribution in [-0.4, -0.2) is 16.7 Å². The fraction of sp³-hybridized carbons (Fsp3) is 0.364. The largest absolute Gasteiger partial charge is 0.379 e. The third kappa shape index (κ3) is 5.14. The van der Waals surface area contributed by atoms with Crippen LogP contribution in [0.4, 0.5) is 0 Å². The highest BCUT2D eigenvalue weighted by Gasteiger charge is 1.96. The van der Waals surface area contributed by atoms with Crippen LogP contribution in [0.2, 0.25) is 0 Å². The Morgan fingerprint density at radius 2 is 1.73 bits per heavy atom. The molecule has 1 aromatic carbocycles. The molecule has 1 rings (SSSR count). The first-order chi connectivity index (χ1) is 7.22. The second-order valence-corrected chi connectivity index (χ2v) is 4.84. The van der Waals surface area contributed by atoms with E-state index in [4.69, 9.17) is 11.1 Å². The minimum absolute atomic E-state index is 0.196. The molecule has 4 heteroatoms. The molecular weight excluding hydrogens is 224 g/mol. The smallest absolute Gasteiger partial charge is 0.151 e. The molecule has 82 valence electrons. The summed E-state index contributed by atoms with van der Waals surface area (Å²) in [6.45, 7) is 0. The van der Waals surface area contributed by atoms with Gasteiger partial charge in [-0.2, -0.15) is 12.6 Å². The molecule has 0 unspecified atom stereocenters. The Morgan fingerprint density at radius 3 is 2.20 bits per heavy atom. The van der Waals surface area contributed by atoms with Gasteiger partial charge in [0, 0.05) is 5.75 Å². The highest BCUT2D eigenvalue weighted by Crippen LogP contribution is 2.09. The van der Waals surface area contributed by atoms with Gasteiger partial charge in [0.2, 0.25) is 0 Å². The zero-order valence-corrected chi connectivity index (χ0v) is 10.3. The Bertz CT molecular complexity index is 309. The summed E-state index contributed by atoms with van der Waals surface area (Å²) < 4.78 is 0. The second-order valence-electron chi connectivity index (χ2n) is 3.25. The van der Waals surface area contributed by atoms with E-state index in [9.17, 15) is 0 Å². The van der Waals surface area contributed by atoms with Crippen LogP contribution in [-0.2, 0) is 12.8 Å². The predicted octanol–water partition coefficient (Wildman–Crippen LogP) is 2.33. The van der Waals surface area contributed by atoms with Crippen molar-refractivity contribution in [3.8, 4) is 0 Å². The van der Waals surface area contributed by atoms with Crippen LogP contribution in [0.15, 0.2) is 24.3 Å². The molecule has 0 heterocycles. The van der Waals surface area contributed by atoms with Gasteiger partial charge in [-0.1, -0.05) is 36.0 Å². The van der Waals surface area contributed by atoms with E-state index < -0.39 is 0 Å². The Kier molecular flexibility index (Phi) is 5.65. The number of benzene rings is 1. The number of thioether (sulfide) groups is 1. The van der Waals surface area contributed by atoms with Gasteiger partial charge in [-0.3, -0.25) is 5.41 Å². The third-order valence-corrected chi connectivity index (χ3v) is 3.01. The molecule has 0 aliphatic rings. The quantitative estimate of drug-likeness (QED) is 0.420. The predicted molar refractivity (Wildman–Crippen MR) is 72.1 cm³/mol. The van der Waals surface area contributed by atoms with Crippen molar-refractivity contribution < 1.29 is 0 Å². The first-order valence-electron chi connectivity index (χ1n) is 4.88. The molecule has 0 fully saturated rings. The molecule has 0 saturated carbocycles. The van der Waals surface area contributed by atoms with E-state index in [0.717, 1.165) is 24.3 Å². The van der Waals surface area contributed by atoms with E-state index in [1.54, 1.807) is 0 Å². The molecular formula is C11H16N2S2. The number of hydrogen-bond acceptors (Lipinski definition) is 3. The molecule has 1 aromatic rings. The van der Waals surface area contributed by atoms with Crippen molar-refractivity contribution in [2.45, 2.75) is 12.8 Å². The summed E-state index contributed by atoms with van der Waals surface area (Å²) in [7, 11) is 0. The summed E-state index contributed by atoms with van der Waals surface area (Å²) in [5.74, 6) is 1.76. The zero-order valence-electron chi connectivity index (χ0n) is 8.57. The molecule has 0 aliphatic carbocycles. The van der Waals surface area contributed by atoms with Gasteiger partial charge in [-0.25, -0.2) is 0 Å². The van der Waals surface area contributed by atoms with Crippen LogP contribution in [0, 0.1) is 5.41 Å². The number of aryl methyl sites for hydroxylation is 2. The number of nitrogens with two attached hydrogens (primary N) is 1. The monoisotopic (exact) mass is 240 g/mol. The van der Waals surface area contributed by atoms with E-state index in [1.807, 2.05) is 0 Å². The molecule has 0 radical (unpaired) electrons. The summed E-state index contributed by atoms with van der Waals surface area (Å²) in [6.07, 6.45) is 1.98. The van der Waals surface area contributed by atoms with Crippen molar-refractivity contribution in [2.24, 2.45) is 5.73 Å². The Hall–Kier alpha value is -0.610. The summed E-state index contributed by atoms with van der Waals surface area (Å²) in [4.78, 5) is 0. The van der Waals surface area contributed by atoms with E-state index in [1.165, 1.54) is 22.9 Å². The SMILES string of the molecule is N=C(N)SCCc1ccc(CCS)cc1. The molecule has 0 aliphatic heterocycles. The van der Waals surface area contributed by atoms with Crippen molar-refractivity contribution in [2.75, 3.05) is 11.5 Å². The van der Waals surface area contributed by atoms with Crippen LogP contribution in [0.5, 0.6) is 0 Å². The molecule has 0 atom stereocenters. The number of thiol groups is 1. The van der Waals surface area contributed by atoms with Gasteiger partial charge in [0.25, 0.3) is 0 Å². The minimum atomic E-state index is 0.196. The number of rotatable bonds is 5. The minimum Gasteiger partial charge on any atom is -0.379 e. The summed E-state index contributed by atoms with van der Waals surface area (Å²) >= 11 is 5.59. The molecule has 0 amide bonds. The van der Waals surface area contributed by atoms with Crippen LogP contribution in [0.1, 0.15) is 11.1 Å². The van der Waals surface area contributed by atoms with Crippen LogP contribution < -0.4 is 5.73 Å². The maximum atomic E-state index is 7.08. The lowest BCUT2D eigenvalue weighted by molar-refractivity contribution is 1.12. The lowest BCUT2D eigenvalue weighted by atomic mass is 10.1. The maximum absolute atomic E-state index is 7.08. The standard InChI is InChI=1S/C11H16N2S2/c12-11(13)15-8-6-10-3-1-9(2-4-10)5-7-14/h1-4,14H,5-8H2,(H3,12,13). The van der Waals surface area contributed by atoms with Gasteiger partial charge in [0.15, 0.2) is 5.17 Å². The fourth-order valence-electron chi connectivity index (χ4n) is 1.28. The Labute approximate surface area is 101 Å². The Balaban J connectivity index is 2.39. The van der Waals surface area contributed by atoms with Gasteiger partial charge in [0.1, 0.15) is 0 Å². The second kappa shape index (κ2) is 6.80. The Morgan fingerprint density at radius 1 is 1.20 bits per heavy atom. The molecule has 3 N–H and O–H groups in total. The van der Waals surface area contributed by atoms with Gasteiger partial charge >= 0.3 is 0 Å². The highest BCUT2D eigenvalue weighted by atomic mass is 32.2. The maximum Gasteiger partial charge on any atom is 0.151 e. The van der Waals surface area contributed by atoms with Crippen molar-refractivity contribution in [1.29, 1.82) is 5.41 Å². The first kappa shape index (κ1) is 12.5. The van der Waals surface area contributed by atoms with Crippen molar-refractivity contribution in [1.82, 2.24) is 0 Å². The average Bonchev–Trinajstić information content (AvgIpc) is 2.20. The molecule has 15 heavy (non-hydrogen) atoms. The normalized spacial score (nSPS) is 10.2. The van der Waals surface area contributed by atoms with Crippen LogP contribution in [0.25, 0.3) is 0 Å². The summed E-state index contributed by atoms with van der Waals surface area (Å²) in [5.41, 5.74) is 7.88. The van der Waals surface area contributed by atoms with Crippen LogP contribution >= 0.6 is 24.4 Å². The molecule has 0 saturated heterocycles. The van der Waals surface area contributed by atoms with E-state index >= 15 is 0 Å². The van der Waals surface area contributed by atoms with Crippen molar-refractivity contribution in [3.05, 3.63) is 35.4 Å². The van der Waals surface area contributed by atoms with Crippen molar-refractivity contribution in [3.63, 3.8) is 0 Å². The summed E-state index contributed by atoms with van der Waals surface area (Å²) in [6, 6.07) is 8.56. The fourth-order valence-corrected chi connectivity index (χ4v) is 2.10. The number of amidine groups is 1. The third-order valence-electron chi connectivity index (χ3n) is 2.07. The van der Waals surface area contributed by atoms with Gasteiger partial charge < -0.3 is 5.73 Å². The van der Waals surface area contributed by atoms with Crippen LogP contribution in [0.3, 0.4) is 0 Å². The topological polar surface area (TPSA) is 49.9 Å². The van der Waals surface area contributed by atoms with Gasteiger partial charge in [-0.05, 0) is 29.7 Å². The highest BCUT2D eigenvalue weighted by molar-refractivity contribution is 8.13. The van der Waals surface area contributed by atoms with Gasteiger partial charge in [0.05, 0.1) is 0 Å². The number of nitrogens with one attached hydrogen (secondary N) is 1. The lowest BCUT2D eigenvalue weighted by Gasteiger charge is -2.02. The summed E-state index contributed by atoms with van der Waals surface area (Å²) in [5, 5.41) is 7.28. The van der Waals surface area contributed by atoms with Gasteiger partial charge in [-0.15, -0.1) is 0 Å². The van der Waals surface area contributed by atoms with Crippen molar-refractivity contribution >= 4 is 29.6 Å². The van der Waals surface area contributed by atoms with E-state index in [-0.39, 0.29) is 5.17 Å². The zero-order chi connectivity index (χ0) is 11.1. The van der Waals surface area contributed by atoms with E-state index in [2.05, 4.69) is 36.9 Å². The first-order valence-corrected chi connectivity index (χ1v) is 6.49. The molecule has 0 aromatic heterocycles. The number of hydrogen-bond donors (Lipinski definition) is 3. The molecule has 0 spiro atoms.